The molecule has 0 saturated heterocycles. The van der Waals surface area contributed by atoms with Crippen molar-refractivity contribution in [2.75, 3.05) is 18.1 Å². The fourth-order valence-electron chi connectivity index (χ4n) is 2.09. The number of thiophene rings is 1. The summed E-state index contributed by atoms with van der Waals surface area (Å²) in [6, 6.07) is 2.53. The molecule has 0 aliphatic heterocycles. The van der Waals surface area contributed by atoms with Crippen LogP contribution in [0, 0.1) is 13.8 Å². The van der Waals surface area contributed by atoms with E-state index in [1.54, 1.807) is 6.92 Å². The van der Waals surface area contributed by atoms with E-state index in [-0.39, 0.29) is 5.75 Å². The molecule has 116 valence electrons. The van der Waals surface area contributed by atoms with Crippen LogP contribution in [0.25, 0.3) is 0 Å². The van der Waals surface area contributed by atoms with Crippen LogP contribution in [0.15, 0.2) is 6.07 Å². The number of aryl methyl sites for hydroxylation is 2. The smallest absolute Gasteiger partial charge is 0.150 e. The maximum atomic E-state index is 11.6. The number of hydrogen-bond donors (Lipinski definition) is 1. The van der Waals surface area contributed by atoms with E-state index in [0.29, 0.717) is 11.8 Å². The minimum absolute atomic E-state index is 0.247. The molecule has 1 unspecified atom stereocenters. The minimum Gasteiger partial charge on any atom is -0.309 e. The molecule has 0 saturated carbocycles. The molecule has 1 atom stereocenters. The molecule has 0 amide bonds. The Balaban J connectivity index is 2.65. The Morgan fingerprint density at radius 1 is 1.30 bits per heavy atom. The third-order valence-corrected chi connectivity index (χ3v) is 6.61. The summed E-state index contributed by atoms with van der Waals surface area (Å²) in [4.78, 5) is 2.69. The van der Waals surface area contributed by atoms with Gasteiger partial charge in [-0.25, -0.2) is 8.42 Å². The predicted molar refractivity (Wildman–Crippen MR) is 88.4 cm³/mol. The van der Waals surface area contributed by atoms with Crippen LogP contribution in [-0.4, -0.2) is 26.5 Å². The van der Waals surface area contributed by atoms with E-state index < -0.39 is 9.84 Å². The molecule has 5 heteroatoms. The van der Waals surface area contributed by atoms with Gasteiger partial charge in [0.25, 0.3) is 0 Å². The highest BCUT2D eigenvalue weighted by Crippen LogP contribution is 2.29. The van der Waals surface area contributed by atoms with Gasteiger partial charge in [-0.3, -0.25) is 0 Å². The first-order chi connectivity index (χ1) is 9.39. The van der Waals surface area contributed by atoms with Crippen LogP contribution in [0.5, 0.6) is 0 Å². The lowest BCUT2D eigenvalue weighted by molar-refractivity contribution is 0.498. The van der Waals surface area contributed by atoms with E-state index in [1.807, 2.05) is 11.3 Å². The van der Waals surface area contributed by atoms with Crippen LogP contribution in [0.2, 0.25) is 0 Å². The average Bonchev–Trinajstić information content (AvgIpc) is 2.73. The van der Waals surface area contributed by atoms with Gasteiger partial charge < -0.3 is 5.32 Å². The summed E-state index contributed by atoms with van der Waals surface area (Å²) in [6.07, 6.45) is 2.71. The van der Waals surface area contributed by atoms with Crippen molar-refractivity contribution < 1.29 is 8.42 Å². The Bertz CT molecular complexity index is 486. The molecule has 1 aromatic rings. The third-order valence-electron chi connectivity index (χ3n) is 3.56. The number of rotatable bonds is 9. The highest BCUT2D eigenvalue weighted by Gasteiger charge is 2.16. The van der Waals surface area contributed by atoms with Crippen molar-refractivity contribution in [1.82, 2.24) is 5.32 Å². The van der Waals surface area contributed by atoms with E-state index in [0.717, 1.165) is 25.8 Å². The van der Waals surface area contributed by atoms with Crippen LogP contribution in [0.1, 0.15) is 54.5 Å². The Labute approximate surface area is 127 Å². The Morgan fingerprint density at radius 2 is 2.00 bits per heavy atom. The Kier molecular flexibility index (Phi) is 7.20. The second-order valence-corrected chi connectivity index (χ2v) is 9.03. The number of sulfone groups is 1. The highest BCUT2D eigenvalue weighted by atomic mass is 32.2. The van der Waals surface area contributed by atoms with Gasteiger partial charge in [-0.2, -0.15) is 0 Å². The standard InChI is InChI=1S/C15H27NO2S2/c1-5-9-16-14(8-7-10-20(17,18)6-2)15-11-12(3)13(4)19-15/h11,14,16H,5-10H2,1-4H3. The quantitative estimate of drug-likeness (QED) is 0.756. The molecule has 0 radical (unpaired) electrons. The van der Waals surface area contributed by atoms with Crippen molar-refractivity contribution in [2.45, 2.75) is 53.0 Å². The van der Waals surface area contributed by atoms with Crippen molar-refractivity contribution >= 4 is 21.2 Å². The summed E-state index contributed by atoms with van der Waals surface area (Å²) in [5.74, 6) is 0.550. The summed E-state index contributed by atoms with van der Waals surface area (Å²) in [5, 5.41) is 3.55. The van der Waals surface area contributed by atoms with Crippen LogP contribution in [-0.2, 0) is 9.84 Å². The van der Waals surface area contributed by atoms with Crippen molar-refractivity contribution in [3.8, 4) is 0 Å². The molecule has 0 spiro atoms. The first-order valence-corrected chi connectivity index (χ1v) is 10.0. The highest BCUT2D eigenvalue weighted by molar-refractivity contribution is 7.91. The molecule has 0 bridgehead atoms. The van der Waals surface area contributed by atoms with E-state index in [9.17, 15) is 8.42 Å². The van der Waals surface area contributed by atoms with E-state index >= 15 is 0 Å². The lowest BCUT2D eigenvalue weighted by Crippen LogP contribution is -2.22. The van der Waals surface area contributed by atoms with Gasteiger partial charge in [0.05, 0.1) is 5.75 Å². The zero-order valence-electron chi connectivity index (χ0n) is 13.0. The minimum atomic E-state index is -2.85. The second-order valence-electron chi connectivity index (χ2n) is 5.27. The fraction of sp³-hybridized carbons (Fsp3) is 0.733. The number of nitrogens with one attached hydrogen (secondary N) is 1. The van der Waals surface area contributed by atoms with Crippen LogP contribution < -0.4 is 5.32 Å². The molecule has 3 nitrogen and oxygen atoms in total. The van der Waals surface area contributed by atoms with Crippen LogP contribution in [0.3, 0.4) is 0 Å². The Morgan fingerprint density at radius 3 is 2.50 bits per heavy atom. The topological polar surface area (TPSA) is 46.2 Å². The molecule has 0 aliphatic carbocycles. The van der Waals surface area contributed by atoms with E-state index in [2.05, 4.69) is 32.2 Å². The Hall–Kier alpha value is -0.390. The van der Waals surface area contributed by atoms with Crippen molar-refractivity contribution in [3.05, 3.63) is 21.4 Å². The van der Waals surface area contributed by atoms with Gasteiger partial charge in [0, 0.05) is 21.5 Å². The zero-order valence-corrected chi connectivity index (χ0v) is 14.7. The first-order valence-electron chi connectivity index (χ1n) is 7.40. The summed E-state index contributed by atoms with van der Waals surface area (Å²) in [5.41, 5.74) is 1.33. The van der Waals surface area contributed by atoms with Crippen molar-refractivity contribution in [2.24, 2.45) is 0 Å². The van der Waals surface area contributed by atoms with E-state index in [1.165, 1.54) is 15.3 Å². The molecule has 1 heterocycles. The maximum Gasteiger partial charge on any atom is 0.150 e. The summed E-state index contributed by atoms with van der Waals surface area (Å²) >= 11 is 1.82. The lowest BCUT2D eigenvalue weighted by Gasteiger charge is -2.17. The average molecular weight is 318 g/mol. The molecular formula is C15H27NO2S2. The predicted octanol–water partition coefficient (Wildman–Crippen LogP) is 3.62. The second kappa shape index (κ2) is 8.15. The molecule has 0 aromatic carbocycles. The molecule has 0 aliphatic rings. The van der Waals surface area contributed by atoms with Gasteiger partial charge in [-0.15, -0.1) is 11.3 Å². The van der Waals surface area contributed by atoms with Crippen LogP contribution in [0.4, 0.5) is 0 Å². The molecule has 1 aromatic heterocycles. The van der Waals surface area contributed by atoms with Gasteiger partial charge in [0.1, 0.15) is 9.84 Å². The van der Waals surface area contributed by atoms with Gasteiger partial charge in [0.15, 0.2) is 0 Å². The van der Waals surface area contributed by atoms with Gasteiger partial charge in [0.2, 0.25) is 0 Å². The summed E-state index contributed by atoms with van der Waals surface area (Å²) in [6.45, 7) is 9.11. The molecular weight excluding hydrogens is 290 g/mol. The fourth-order valence-corrected chi connectivity index (χ4v) is 4.14. The molecule has 20 heavy (non-hydrogen) atoms. The third kappa shape index (κ3) is 5.54. The zero-order chi connectivity index (χ0) is 15.2. The summed E-state index contributed by atoms with van der Waals surface area (Å²) in [7, 11) is -2.85. The normalized spacial score (nSPS) is 13.6. The monoisotopic (exact) mass is 317 g/mol. The van der Waals surface area contributed by atoms with Gasteiger partial charge in [-0.1, -0.05) is 13.8 Å². The maximum absolute atomic E-state index is 11.6. The van der Waals surface area contributed by atoms with Crippen molar-refractivity contribution in [1.29, 1.82) is 0 Å². The van der Waals surface area contributed by atoms with Crippen LogP contribution >= 0.6 is 11.3 Å². The number of hydrogen-bond acceptors (Lipinski definition) is 4. The largest absolute Gasteiger partial charge is 0.309 e. The first kappa shape index (κ1) is 17.7. The van der Waals surface area contributed by atoms with Gasteiger partial charge in [-0.05, 0) is 51.3 Å². The SMILES string of the molecule is CCCNC(CCCS(=O)(=O)CC)c1cc(C)c(C)s1. The van der Waals surface area contributed by atoms with Crippen molar-refractivity contribution in [3.63, 3.8) is 0 Å². The molecule has 1 N–H and O–H groups in total. The van der Waals surface area contributed by atoms with E-state index in [4.69, 9.17) is 0 Å². The molecule has 0 fully saturated rings. The molecule has 1 rings (SSSR count). The summed E-state index contributed by atoms with van der Waals surface area (Å²) < 4.78 is 23.1. The lowest BCUT2D eigenvalue weighted by atomic mass is 10.1. The van der Waals surface area contributed by atoms with Gasteiger partial charge >= 0.3 is 0 Å².